The van der Waals surface area contributed by atoms with Crippen LogP contribution in [0, 0.1) is 13.8 Å². The fourth-order valence-corrected chi connectivity index (χ4v) is 6.27. The second kappa shape index (κ2) is 8.93. The van der Waals surface area contributed by atoms with Gasteiger partial charge >= 0.3 is 0 Å². The van der Waals surface area contributed by atoms with Gasteiger partial charge < -0.3 is 4.57 Å². The summed E-state index contributed by atoms with van der Waals surface area (Å²) in [5.74, 6) is 0.521. The topological polar surface area (TPSA) is 92.6 Å². The van der Waals surface area contributed by atoms with Gasteiger partial charge in [-0.3, -0.25) is 0 Å². The Bertz CT molecular complexity index is 1360. The van der Waals surface area contributed by atoms with Crippen LogP contribution in [0.15, 0.2) is 46.2 Å². The van der Waals surface area contributed by atoms with Gasteiger partial charge in [0.15, 0.2) is 0 Å². The van der Waals surface area contributed by atoms with Crippen molar-refractivity contribution in [1.29, 1.82) is 0 Å². The van der Waals surface area contributed by atoms with E-state index in [2.05, 4.69) is 4.98 Å². The lowest BCUT2D eigenvalue weighted by Crippen LogP contribution is -2.30. The number of aromatic nitrogens is 2. The van der Waals surface area contributed by atoms with Gasteiger partial charge in [0, 0.05) is 27.2 Å². The van der Waals surface area contributed by atoms with E-state index in [4.69, 9.17) is 0 Å². The first-order valence-corrected chi connectivity index (χ1v) is 13.3. The predicted molar refractivity (Wildman–Crippen MR) is 125 cm³/mol. The molecule has 2 aromatic carbocycles. The highest BCUT2D eigenvalue weighted by Crippen LogP contribution is 2.24. The SMILES string of the molecule is CCN(CC)S(=O)(=O)c1ccc2c(c1)nc(CN(C)S(=O)(=O)c1ccc(C)c(C)c1)n2C. The Morgan fingerprint density at radius 1 is 0.875 bits per heavy atom. The monoisotopic (exact) mass is 478 g/mol. The number of hydrogen-bond donors (Lipinski definition) is 0. The molecule has 8 nitrogen and oxygen atoms in total. The van der Waals surface area contributed by atoms with Crippen LogP contribution >= 0.6 is 0 Å². The van der Waals surface area contributed by atoms with Gasteiger partial charge in [-0.25, -0.2) is 21.8 Å². The third-order valence-electron chi connectivity index (χ3n) is 5.84. The Hall–Kier alpha value is -2.27. The van der Waals surface area contributed by atoms with Crippen molar-refractivity contribution in [3.05, 3.63) is 53.3 Å². The second-order valence-electron chi connectivity index (χ2n) is 7.83. The molecule has 0 aliphatic heterocycles. The lowest BCUT2D eigenvalue weighted by Gasteiger charge is -2.18. The summed E-state index contributed by atoms with van der Waals surface area (Å²) in [6, 6.07) is 9.89. The molecule has 0 aliphatic rings. The van der Waals surface area contributed by atoms with Crippen LogP contribution in [-0.2, 0) is 33.6 Å². The largest absolute Gasteiger partial charge is 0.330 e. The molecule has 0 atom stereocenters. The van der Waals surface area contributed by atoms with Gasteiger partial charge in [-0.15, -0.1) is 0 Å². The van der Waals surface area contributed by atoms with Crippen molar-refractivity contribution in [3.8, 4) is 0 Å². The van der Waals surface area contributed by atoms with E-state index in [0.717, 1.165) is 16.6 Å². The van der Waals surface area contributed by atoms with Gasteiger partial charge in [-0.05, 0) is 55.3 Å². The molecule has 0 fully saturated rings. The van der Waals surface area contributed by atoms with Gasteiger partial charge in [-0.2, -0.15) is 8.61 Å². The maximum Gasteiger partial charge on any atom is 0.243 e. The first-order valence-electron chi connectivity index (χ1n) is 10.4. The summed E-state index contributed by atoms with van der Waals surface area (Å²) in [7, 11) is -4.01. The standard InChI is InChI=1S/C22H30N4O4S2/c1-7-26(8-2)32(29,30)19-11-12-21-20(14-19)23-22(25(21)6)15-24(5)31(27,28)18-10-9-16(3)17(4)13-18/h9-14H,7-8,15H2,1-6H3. The Morgan fingerprint density at radius 3 is 2.06 bits per heavy atom. The molecule has 0 spiro atoms. The third-order valence-corrected chi connectivity index (χ3v) is 9.68. The van der Waals surface area contributed by atoms with Gasteiger partial charge in [0.05, 0.1) is 27.4 Å². The van der Waals surface area contributed by atoms with Gasteiger partial charge in [0.2, 0.25) is 20.0 Å². The number of benzene rings is 2. The van der Waals surface area contributed by atoms with Crippen molar-refractivity contribution in [2.45, 2.75) is 44.0 Å². The highest BCUT2D eigenvalue weighted by molar-refractivity contribution is 7.89. The van der Waals surface area contributed by atoms with Crippen molar-refractivity contribution in [2.75, 3.05) is 20.1 Å². The van der Waals surface area contributed by atoms with Crippen LogP contribution in [0.3, 0.4) is 0 Å². The number of imidazole rings is 1. The first-order chi connectivity index (χ1) is 14.9. The molecule has 0 saturated carbocycles. The van der Waals surface area contributed by atoms with E-state index in [1.807, 2.05) is 13.8 Å². The minimum absolute atomic E-state index is 0.0541. The molecule has 32 heavy (non-hydrogen) atoms. The lowest BCUT2D eigenvalue weighted by molar-refractivity contribution is 0.445. The first kappa shape index (κ1) is 24.4. The van der Waals surface area contributed by atoms with Gasteiger partial charge in [-0.1, -0.05) is 19.9 Å². The lowest BCUT2D eigenvalue weighted by atomic mass is 10.1. The number of sulfonamides is 2. The van der Waals surface area contributed by atoms with Crippen LogP contribution in [0.5, 0.6) is 0 Å². The molecule has 174 valence electrons. The Kier molecular flexibility index (Phi) is 6.80. The highest BCUT2D eigenvalue weighted by atomic mass is 32.2. The smallest absolute Gasteiger partial charge is 0.243 e. The third kappa shape index (κ3) is 4.32. The molecule has 0 unspecified atom stereocenters. The van der Waals surface area contributed by atoms with E-state index >= 15 is 0 Å². The Labute approximate surface area is 190 Å². The Morgan fingerprint density at radius 2 is 1.47 bits per heavy atom. The average Bonchev–Trinajstić information content (AvgIpc) is 3.05. The summed E-state index contributed by atoms with van der Waals surface area (Å²) in [6.45, 7) is 8.22. The minimum Gasteiger partial charge on any atom is -0.330 e. The number of fused-ring (bicyclic) bond motifs is 1. The number of hydrogen-bond acceptors (Lipinski definition) is 5. The van der Waals surface area contributed by atoms with Crippen molar-refractivity contribution >= 4 is 31.1 Å². The molecule has 1 aromatic heterocycles. The zero-order valence-electron chi connectivity index (χ0n) is 19.3. The zero-order valence-corrected chi connectivity index (χ0v) is 21.0. The molecule has 3 aromatic rings. The molecule has 10 heteroatoms. The van der Waals surface area contributed by atoms with E-state index in [0.29, 0.717) is 24.4 Å². The van der Waals surface area contributed by atoms with E-state index < -0.39 is 20.0 Å². The van der Waals surface area contributed by atoms with Crippen molar-refractivity contribution in [1.82, 2.24) is 18.2 Å². The summed E-state index contributed by atoms with van der Waals surface area (Å²) >= 11 is 0. The molecule has 0 amide bonds. The van der Waals surface area contributed by atoms with E-state index in [9.17, 15) is 16.8 Å². The summed E-state index contributed by atoms with van der Waals surface area (Å²) in [5.41, 5.74) is 3.17. The molecule has 0 saturated heterocycles. The molecule has 0 radical (unpaired) electrons. The Balaban J connectivity index is 1.96. The van der Waals surface area contributed by atoms with Crippen molar-refractivity contribution in [2.24, 2.45) is 7.05 Å². The summed E-state index contributed by atoms with van der Waals surface area (Å²) in [4.78, 5) is 4.96. The van der Waals surface area contributed by atoms with Crippen molar-refractivity contribution < 1.29 is 16.8 Å². The van der Waals surface area contributed by atoms with Gasteiger partial charge in [0.1, 0.15) is 5.82 Å². The summed E-state index contributed by atoms with van der Waals surface area (Å²) < 4.78 is 56.3. The van der Waals surface area contributed by atoms with Crippen LogP contribution in [-0.4, -0.2) is 55.1 Å². The van der Waals surface area contributed by atoms with Crippen LogP contribution in [0.2, 0.25) is 0 Å². The van der Waals surface area contributed by atoms with Crippen LogP contribution in [0.4, 0.5) is 0 Å². The van der Waals surface area contributed by atoms with E-state index in [-0.39, 0.29) is 16.3 Å². The number of nitrogens with zero attached hydrogens (tertiary/aromatic N) is 4. The second-order valence-corrected chi connectivity index (χ2v) is 11.8. The fraction of sp³-hybridized carbons (Fsp3) is 0.409. The average molecular weight is 479 g/mol. The number of aryl methyl sites for hydroxylation is 3. The quantitative estimate of drug-likeness (QED) is 0.496. The summed E-state index contributed by atoms with van der Waals surface area (Å²) in [5, 5.41) is 0. The van der Waals surface area contributed by atoms with E-state index in [1.54, 1.807) is 61.9 Å². The summed E-state index contributed by atoms with van der Waals surface area (Å²) in [6.07, 6.45) is 0. The molecule has 3 rings (SSSR count). The molecule has 1 heterocycles. The van der Waals surface area contributed by atoms with E-state index in [1.165, 1.54) is 15.7 Å². The maximum absolute atomic E-state index is 13.1. The molecular formula is C22H30N4O4S2. The normalized spacial score (nSPS) is 12.9. The van der Waals surface area contributed by atoms with Crippen LogP contribution in [0.1, 0.15) is 30.8 Å². The maximum atomic E-state index is 13.1. The zero-order chi connectivity index (χ0) is 23.8. The molecular weight excluding hydrogens is 448 g/mol. The molecule has 0 aliphatic carbocycles. The predicted octanol–water partition coefficient (Wildman–Crippen LogP) is 3.04. The fourth-order valence-electron chi connectivity index (χ4n) is 3.58. The number of rotatable bonds is 8. The molecule has 0 bridgehead atoms. The molecule has 0 N–H and O–H groups in total. The van der Waals surface area contributed by atoms with Crippen LogP contribution in [0.25, 0.3) is 11.0 Å². The highest BCUT2D eigenvalue weighted by Gasteiger charge is 2.25. The van der Waals surface area contributed by atoms with Crippen molar-refractivity contribution in [3.63, 3.8) is 0 Å². The van der Waals surface area contributed by atoms with Crippen LogP contribution < -0.4 is 0 Å². The minimum atomic E-state index is -3.70. The van der Waals surface area contributed by atoms with Gasteiger partial charge in [0.25, 0.3) is 0 Å².